The molecule has 2 amide bonds. The van der Waals surface area contributed by atoms with Crippen molar-refractivity contribution in [3.8, 4) is 0 Å². The topological polar surface area (TPSA) is 49.4 Å². The molecule has 1 rings (SSSR count). The molecule has 110 valence electrons. The maximum Gasteiger partial charge on any atom is 0.408 e. The average molecular weight is 280 g/mol. The second-order valence-electron chi connectivity index (χ2n) is 4.77. The highest BCUT2D eigenvalue weighted by atomic mass is 19.4. The highest BCUT2D eigenvalue weighted by Crippen LogP contribution is 2.19. The van der Waals surface area contributed by atoms with Gasteiger partial charge in [-0.1, -0.05) is 6.42 Å². The Labute approximate surface area is 110 Å². The molecular formula is C12H19F3N2O2. The van der Waals surface area contributed by atoms with Gasteiger partial charge in [0.05, 0.1) is 0 Å². The fourth-order valence-electron chi connectivity index (χ4n) is 1.91. The maximum atomic E-state index is 12.2. The number of nitrogens with one attached hydrogen (secondary N) is 1. The Kier molecular flexibility index (Phi) is 5.62. The first-order valence-corrected chi connectivity index (χ1v) is 6.44. The largest absolute Gasteiger partial charge is 0.408 e. The van der Waals surface area contributed by atoms with Gasteiger partial charge >= 0.3 is 6.18 Å². The lowest BCUT2D eigenvalue weighted by atomic mass is 10.2. The second kappa shape index (κ2) is 6.77. The molecule has 0 radical (unpaired) electrons. The SMILES string of the molecule is CC(NC(=O)CCN1CCCCCC1=O)C(F)(F)F. The molecule has 7 heteroatoms. The average Bonchev–Trinajstić information content (AvgIpc) is 2.50. The number of amides is 2. The number of likely N-dealkylation sites (tertiary alicyclic amines) is 1. The van der Waals surface area contributed by atoms with Crippen molar-refractivity contribution in [2.75, 3.05) is 13.1 Å². The molecule has 1 saturated heterocycles. The third kappa shape index (κ3) is 5.48. The van der Waals surface area contributed by atoms with E-state index in [0.29, 0.717) is 13.0 Å². The van der Waals surface area contributed by atoms with Gasteiger partial charge in [0.25, 0.3) is 0 Å². The number of hydrogen-bond donors (Lipinski definition) is 1. The maximum absolute atomic E-state index is 12.2. The summed E-state index contributed by atoms with van der Waals surface area (Å²) in [5, 5.41) is 1.89. The van der Waals surface area contributed by atoms with Crippen molar-refractivity contribution in [3.63, 3.8) is 0 Å². The van der Waals surface area contributed by atoms with Gasteiger partial charge in [0.2, 0.25) is 11.8 Å². The van der Waals surface area contributed by atoms with Crippen LogP contribution in [0.3, 0.4) is 0 Å². The quantitative estimate of drug-likeness (QED) is 0.854. The Balaban J connectivity index is 2.35. The number of rotatable bonds is 4. The summed E-state index contributed by atoms with van der Waals surface area (Å²) in [4.78, 5) is 24.6. The molecule has 1 N–H and O–H groups in total. The number of alkyl halides is 3. The Morgan fingerprint density at radius 1 is 1.37 bits per heavy atom. The first kappa shape index (κ1) is 15.8. The van der Waals surface area contributed by atoms with Crippen LogP contribution in [-0.2, 0) is 9.59 Å². The third-order valence-electron chi connectivity index (χ3n) is 3.15. The molecule has 1 atom stereocenters. The molecule has 1 aliphatic rings. The standard InChI is InChI=1S/C12H19F3N2O2/c1-9(12(13,14)15)16-10(18)6-8-17-7-4-2-3-5-11(17)19/h9H,2-8H2,1H3,(H,16,18). The minimum atomic E-state index is -4.44. The lowest BCUT2D eigenvalue weighted by Gasteiger charge is -2.21. The van der Waals surface area contributed by atoms with Gasteiger partial charge in [-0.3, -0.25) is 9.59 Å². The summed E-state index contributed by atoms with van der Waals surface area (Å²) in [6.45, 7) is 1.67. The molecular weight excluding hydrogens is 261 g/mol. The summed E-state index contributed by atoms with van der Waals surface area (Å²) in [6, 6.07) is -1.86. The fourth-order valence-corrected chi connectivity index (χ4v) is 1.91. The van der Waals surface area contributed by atoms with E-state index in [1.165, 1.54) is 0 Å². The summed E-state index contributed by atoms with van der Waals surface area (Å²) in [5.41, 5.74) is 0. The van der Waals surface area contributed by atoms with Crippen LogP contribution in [-0.4, -0.2) is 42.0 Å². The molecule has 0 aliphatic carbocycles. The Bertz CT molecular complexity index is 331. The first-order valence-electron chi connectivity index (χ1n) is 6.44. The van der Waals surface area contributed by atoms with Crippen LogP contribution >= 0.6 is 0 Å². The van der Waals surface area contributed by atoms with E-state index in [1.807, 2.05) is 5.32 Å². The number of halogens is 3. The highest BCUT2D eigenvalue weighted by Gasteiger charge is 2.36. The van der Waals surface area contributed by atoms with Crippen LogP contribution in [0.2, 0.25) is 0 Å². The fraction of sp³-hybridized carbons (Fsp3) is 0.833. The zero-order valence-corrected chi connectivity index (χ0v) is 10.9. The molecule has 1 fully saturated rings. The van der Waals surface area contributed by atoms with Gasteiger partial charge in [-0.2, -0.15) is 13.2 Å². The van der Waals surface area contributed by atoms with Crippen LogP contribution in [0.15, 0.2) is 0 Å². The van der Waals surface area contributed by atoms with Crippen LogP contribution in [0.5, 0.6) is 0 Å². The molecule has 1 heterocycles. The second-order valence-corrected chi connectivity index (χ2v) is 4.77. The Morgan fingerprint density at radius 3 is 2.68 bits per heavy atom. The molecule has 0 saturated carbocycles. The van der Waals surface area contributed by atoms with Crippen molar-refractivity contribution in [1.82, 2.24) is 10.2 Å². The molecule has 19 heavy (non-hydrogen) atoms. The van der Waals surface area contributed by atoms with Crippen LogP contribution in [0.1, 0.15) is 39.0 Å². The summed E-state index contributed by atoms with van der Waals surface area (Å²) in [6.07, 6.45) is -1.38. The third-order valence-corrected chi connectivity index (χ3v) is 3.15. The van der Waals surface area contributed by atoms with Crippen LogP contribution in [0.4, 0.5) is 13.2 Å². The van der Waals surface area contributed by atoms with Gasteiger partial charge in [-0.25, -0.2) is 0 Å². The van der Waals surface area contributed by atoms with Crippen molar-refractivity contribution in [3.05, 3.63) is 0 Å². The monoisotopic (exact) mass is 280 g/mol. The van der Waals surface area contributed by atoms with Crippen LogP contribution in [0, 0.1) is 0 Å². The molecule has 0 aromatic rings. The van der Waals surface area contributed by atoms with E-state index >= 15 is 0 Å². The van der Waals surface area contributed by atoms with Crippen LogP contribution in [0.25, 0.3) is 0 Å². The smallest absolute Gasteiger partial charge is 0.345 e. The van der Waals surface area contributed by atoms with E-state index < -0.39 is 18.1 Å². The molecule has 0 bridgehead atoms. The molecule has 0 aromatic heterocycles. The van der Waals surface area contributed by atoms with Gasteiger partial charge in [0, 0.05) is 25.9 Å². The van der Waals surface area contributed by atoms with E-state index in [0.717, 1.165) is 26.2 Å². The summed E-state index contributed by atoms with van der Waals surface area (Å²) in [5.74, 6) is -0.698. The molecule has 1 unspecified atom stereocenters. The van der Waals surface area contributed by atoms with Crippen molar-refractivity contribution >= 4 is 11.8 Å². The van der Waals surface area contributed by atoms with Gasteiger partial charge in [-0.15, -0.1) is 0 Å². The summed E-state index contributed by atoms with van der Waals surface area (Å²) in [7, 11) is 0. The van der Waals surface area contributed by atoms with E-state index in [4.69, 9.17) is 0 Å². The van der Waals surface area contributed by atoms with E-state index in [1.54, 1.807) is 4.90 Å². The van der Waals surface area contributed by atoms with Gasteiger partial charge < -0.3 is 10.2 Å². The minimum Gasteiger partial charge on any atom is -0.345 e. The number of carbonyl (C=O) groups excluding carboxylic acids is 2. The molecule has 4 nitrogen and oxygen atoms in total. The predicted octanol–water partition coefficient (Wildman–Crippen LogP) is 1.85. The van der Waals surface area contributed by atoms with Crippen molar-refractivity contribution in [2.45, 2.75) is 51.2 Å². The van der Waals surface area contributed by atoms with E-state index in [2.05, 4.69) is 0 Å². The minimum absolute atomic E-state index is 0.0193. The highest BCUT2D eigenvalue weighted by molar-refractivity contribution is 5.79. The van der Waals surface area contributed by atoms with E-state index in [-0.39, 0.29) is 18.9 Å². The Morgan fingerprint density at radius 2 is 2.05 bits per heavy atom. The van der Waals surface area contributed by atoms with Gasteiger partial charge in [-0.05, 0) is 19.8 Å². The normalized spacial score (nSPS) is 18.9. The zero-order chi connectivity index (χ0) is 14.5. The molecule has 0 aromatic carbocycles. The van der Waals surface area contributed by atoms with Crippen molar-refractivity contribution in [2.24, 2.45) is 0 Å². The van der Waals surface area contributed by atoms with E-state index in [9.17, 15) is 22.8 Å². The Hall–Kier alpha value is -1.27. The molecule has 1 aliphatic heterocycles. The van der Waals surface area contributed by atoms with Crippen LogP contribution < -0.4 is 5.32 Å². The molecule has 0 spiro atoms. The summed E-state index contributed by atoms with van der Waals surface area (Å²) >= 11 is 0. The predicted molar refractivity (Wildman–Crippen MR) is 63.3 cm³/mol. The first-order chi connectivity index (χ1) is 8.80. The number of nitrogens with zero attached hydrogens (tertiary/aromatic N) is 1. The van der Waals surface area contributed by atoms with Gasteiger partial charge in [0.1, 0.15) is 6.04 Å². The zero-order valence-electron chi connectivity index (χ0n) is 10.9. The number of carbonyl (C=O) groups is 2. The lowest BCUT2D eigenvalue weighted by Crippen LogP contribution is -2.44. The number of hydrogen-bond acceptors (Lipinski definition) is 2. The lowest BCUT2D eigenvalue weighted by molar-refractivity contribution is -0.158. The van der Waals surface area contributed by atoms with Crippen molar-refractivity contribution < 1.29 is 22.8 Å². The van der Waals surface area contributed by atoms with Crippen molar-refractivity contribution in [1.29, 1.82) is 0 Å². The summed E-state index contributed by atoms with van der Waals surface area (Å²) < 4.78 is 36.7. The van der Waals surface area contributed by atoms with Gasteiger partial charge in [0.15, 0.2) is 0 Å².